The average molecular weight is 361 g/mol. The lowest BCUT2D eigenvalue weighted by molar-refractivity contribution is 0.0946. The third kappa shape index (κ3) is 3.36. The van der Waals surface area contributed by atoms with Crippen molar-refractivity contribution in [3.63, 3.8) is 0 Å². The molecule has 3 rings (SSSR count). The maximum atomic E-state index is 12.4. The maximum Gasteiger partial charge on any atom is 0.270 e. The third-order valence-corrected chi connectivity index (χ3v) is 4.15. The number of pyridine rings is 1. The largest absolute Gasteiger partial charge is 0.497 e. The van der Waals surface area contributed by atoms with Crippen LogP contribution >= 0.6 is 11.6 Å². The van der Waals surface area contributed by atoms with Gasteiger partial charge in [-0.3, -0.25) is 9.48 Å². The fraction of sp³-hybridized carbons (Fsp3) is 0.235. The first-order chi connectivity index (χ1) is 12.0. The van der Waals surface area contributed by atoms with Crippen LogP contribution in [0.5, 0.6) is 11.5 Å². The Morgan fingerprint density at radius 3 is 2.80 bits per heavy atom. The molecular weight excluding hydrogens is 344 g/mol. The number of methoxy groups -OCH3 is 2. The Labute approximate surface area is 149 Å². The lowest BCUT2D eigenvalue weighted by Crippen LogP contribution is -2.24. The second-order valence-electron chi connectivity index (χ2n) is 5.36. The Hall–Kier alpha value is -2.80. The minimum atomic E-state index is -0.331. The predicted octanol–water partition coefficient (Wildman–Crippen LogP) is 2.57. The first-order valence-corrected chi connectivity index (χ1v) is 7.88. The highest BCUT2D eigenvalue weighted by Crippen LogP contribution is 2.25. The summed E-state index contributed by atoms with van der Waals surface area (Å²) in [5.74, 6) is 0.984. The average Bonchev–Trinajstić information content (AvgIpc) is 3.01. The Kier molecular flexibility index (Phi) is 4.76. The zero-order valence-corrected chi connectivity index (χ0v) is 14.8. The van der Waals surface area contributed by atoms with Gasteiger partial charge < -0.3 is 14.8 Å². The van der Waals surface area contributed by atoms with Crippen LogP contribution in [0.4, 0.5) is 0 Å². The van der Waals surface area contributed by atoms with Crippen molar-refractivity contribution in [2.75, 3.05) is 14.2 Å². The minimum absolute atomic E-state index is 0.230. The van der Waals surface area contributed by atoms with E-state index in [4.69, 9.17) is 21.1 Å². The van der Waals surface area contributed by atoms with E-state index >= 15 is 0 Å². The Bertz CT molecular complexity index is 939. The summed E-state index contributed by atoms with van der Waals surface area (Å²) in [6.45, 7) is 0.286. The number of benzene rings is 1. The molecule has 0 unspecified atom stereocenters. The van der Waals surface area contributed by atoms with E-state index in [1.54, 1.807) is 50.3 Å². The summed E-state index contributed by atoms with van der Waals surface area (Å²) in [4.78, 5) is 16.6. The molecule has 0 bridgehead atoms. The second-order valence-corrected chi connectivity index (χ2v) is 5.72. The van der Waals surface area contributed by atoms with Gasteiger partial charge in [0.2, 0.25) is 0 Å². The molecule has 0 spiro atoms. The number of carbonyl (C=O) groups excluding carboxylic acids is 1. The van der Waals surface area contributed by atoms with Gasteiger partial charge in [0.05, 0.1) is 31.3 Å². The standard InChI is InChI=1S/C17H17ClN4O3/c1-22-14-7-13(21-16(18)12(14)9-20-22)17(23)19-8-10-4-5-11(24-2)6-15(10)25-3/h4-7,9H,8H2,1-3H3,(H,19,23). The highest BCUT2D eigenvalue weighted by atomic mass is 35.5. The molecule has 0 aliphatic heterocycles. The molecular formula is C17H17ClN4O3. The lowest BCUT2D eigenvalue weighted by atomic mass is 10.2. The fourth-order valence-electron chi connectivity index (χ4n) is 2.49. The second kappa shape index (κ2) is 6.98. The van der Waals surface area contributed by atoms with Gasteiger partial charge >= 0.3 is 0 Å². The summed E-state index contributed by atoms with van der Waals surface area (Å²) >= 11 is 6.14. The van der Waals surface area contributed by atoms with Crippen LogP contribution < -0.4 is 14.8 Å². The van der Waals surface area contributed by atoms with Crippen molar-refractivity contribution in [1.82, 2.24) is 20.1 Å². The van der Waals surface area contributed by atoms with Crippen LogP contribution in [0.2, 0.25) is 5.15 Å². The molecule has 130 valence electrons. The lowest BCUT2D eigenvalue weighted by Gasteiger charge is -2.11. The Morgan fingerprint density at radius 1 is 1.28 bits per heavy atom. The molecule has 2 heterocycles. The number of halogens is 1. The van der Waals surface area contributed by atoms with Gasteiger partial charge in [-0.15, -0.1) is 0 Å². The molecule has 0 saturated carbocycles. The number of nitrogens with one attached hydrogen (secondary N) is 1. The summed E-state index contributed by atoms with van der Waals surface area (Å²) in [5.41, 5.74) is 1.80. The third-order valence-electron chi connectivity index (χ3n) is 3.87. The van der Waals surface area contributed by atoms with Crippen molar-refractivity contribution < 1.29 is 14.3 Å². The molecule has 8 heteroatoms. The zero-order chi connectivity index (χ0) is 18.0. The van der Waals surface area contributed by atoms with Crippen LogP contribution in [0.3, 0.4) is 0 Å². The normalized spacial score (nSPS) is 10.7. The van der Waals surface area contributed by atoms with E-state index in [9.17, 15) is 4.79 Å². The molecule has 0 radical (unpaired) electrons. The van der Waals surface area contributed by atoms with Gasteiger partial charge in [-0.25, -0.2) is 4.98 Å². The van der Waals surface area contributed by atoms with Gasteiger partial charge in [-0.2, -0.15) is 5.10 Å². The summed E-state index contributed by atoms with van der Waals surface area (Å²) in [6, 6.07) is 7.07. The number of ether oxygens (including phenoxy) is 2. The van der Waals surface area contributed by atoms with Crippen molar-refractivity contribution in [3.05, 3.63) is 46.9 Å². The van der Waals surface area contributed by atoms with E-state index in [0.717, 1.165) is 11.1 Å². The predicted molar refractivity (Wildman–Crippen MR) is 94.2 cm³/mol. The van der Waals surface area contributed by atoms with Gasteiger partial charge in [0.15, 0.2) is 0 Å². The number of nitrogens with zero attached hydrogens (tertiary/aromatic N) is 3. The molecule has 0 saturated heterocycles. The number of rotatable bonds is 5. The van der Waals surface area contributed by atoms with Crippen LogP contribution in [0.1, 0.15) is 16.1 Å². The molecule has 2 aromatic heterocycles. The molecule has 0 atom stereocenters. The zero-order valence-electron chi connectivity index (χ0n) is 14.0. The monoisotopic (exact) mass is 360 g/mol. The molecule has 0 fully saturated rings. The van der Waals surface area contributed by atoms with Crippen LogP contribution in [0.25, 0.3) is 10.9 Å². The number of amides is 1. The summed E-state index contributed by atoms with van der Waals surface area (Å²) in [6.07, 6.45) is 1.62. The van der Waals surface area contributed by atoms with Crippen LogP contribution in [0, 0.1) is 0 Å². The van der Waals surface area contributed by atoms with Crippen molar-refractivity contribution in [2.45, 2.75) is 6.54 Å². The molecule has 1 amide bonds. The highest BCUT2D eigenvalue weighted by molar-refractivity contribution is 6.34. The van der Waals surface area contributed by atoms with Crippen LogP contribution in [0.15, 0.2) is 30.5 Å². The number of hydrogen-bond acceptors (Lipinski definition) is 5. The van der Waals surface area contributed by atoms with Crippen molar-refractivity contribution in [1.29, 1.82) is 0 Å². The van der Waals surface area contributed by atoms with Gasteiger partial charge in [0.1, 0.15) is 22.3 Å². The van der Waals surface area contributed by atoms with Gasteiger partial charge in [0, 0.05) is 25.2 Å². The van der Waals surface area contributed by atoms with Gasteiger partial charge in [-0.1, -0.05) is 11.6 Å². The van der Waals surface area contributed by atoms with E-state index in [-0.39, 0.29) is 23.3 Å². The first-order valence-electron chi connectivity index (χ1n) is 7.51. The van der Waals surface area contributed by atoms with E-state index in [1.807, 2.05) is 6.07 Å². The van der Waals surface area contributed by atoms with Crippen LogP contribution in [-0.2, 0) is 13.6 Å². The van der Waals surface area contributed by atoms with Gasteiger partial charge in [0.25, 0.3) is 5.91 Å². The highest BCUT2D eigenvalue weighted by Gasteiger charge is 2.14. The maximum absolute atomic E-state index is 12.4. The Morgan fingerprint density at radius 2 is 2.08 bits per heavy atom. The van der Waals surface area contributed by atoms with Gasteiger partial charge in [-0.05, 0) is 18.2 Å². The molecule has 1 N–H and O–H groups in total. The topological polar surface area (TPSA) is 78.3 Å². The van der Waals surface area contributed by atoms with E-state index < -0.39 is 0 Å². The Balaban J connectivity index is 1.80. The minimum Gasteiger partial charge on any atom is -0.497 e. The number of hydrogen-bond donors (Lipinski definition) is 1. The van der Waals surface area contributed by atoms with Crippen molar-refractivity contribution >= 4 is 28.4 Å². The van der Waals surface area contributed by atoms with Crippen molar-refractivity contribution in [2.24, 2.45) is 7.05 Å². The molecule has 25 heavy (non-hydrogen) atoms. The summed E-state index contributed by atoms with van der Waals surface area (Å²) < 4.78 is 12.1. The molecule has 0 aliphatic carbocycles. The number of aromatic nitrogens is 3. The van der Waals surface area contributed by atoms with E-state index in [2.05, 4.69) is 15.4 Å². The first kappa shape index (κ1) is 17.0. The molecule has 0 aliphatic rings. The van der Waals surface area contributed by atoms with Crippen LogP contribution in [-0.4, -0.2) is 34.9 Å². The number of aryl methyl sites for hydroxylation is 1. The summed E-state index contributed by atoms with van der Waals surface area (Å²) in [5, 5.41) is 7.90. The van der Waals surface area contributed by atoms with E-state index in [1.165, 1.54) is 0 Å². The molecule has 1 aromatic carbocycles. The smallest absolute Gasteiger partial charge is 0.270 e. The molecule has 7 nitrogen and oxygen atoms in total. The van der Waals surface area contributed by atoms with E-state index in [0.29, 0.717) is 16.9 Å². The number of fused-ring (bicyclic) bond motifs is 1. The fourth-order valence-corrected chi connectivity index (χ4v) is 2.72. The van der Waals surface area contributed by atoms with Crippen molar-refractivity contribution in [3.8, 4) is 11.5 Å². The quantitative estimate of drug-likeness (QED) is 0.707. The SMILES string of the molecule is COc1ccc(CNC(=O)c2cc3c(cnn3C)c(Cl)n2)c(OC)c1. The number of carbonyl (C=O) groups is 1. The molecule has 3 aromatic rings. The summed E-state index contributed by atoms with van der Waals surface area (Å²) in [7, 11) is 4.93.